The topological polar surface area (TPSA) is 63.6 Å². The van der Waals surface area contributed by atoms with Gasteiger partial charge in [0.05, 0.1) is 6.61 Å². The second-order valence-corrected chi connectivity index (χ2v) is 4.69. The fourth-order valence-electron chi connectivity index (χ4n) is 1.96. The summed E-state index contributed by atoms with van der Waals surface area (Å²) in [5.41, 5.74) is 0.707. The van der Waals surface area contributed by atoms with E-state index in [1.807, 2.05) is 19.1 Å². The highest BCUT2D eigenvalue weighted by atomic mass is 16.5. The van der Waals surface area contributed by atoms with Crippen molar-refractivity contribution in [1.82, 2.24) is 0 Å². The Bertz CT molecular complexity index is 423. The third kappa shape index (κ3) is 6.36. The number of ether oxygens (including phenoxy) is 1. The SMILES string of the molecule is CCOc1ccc(C(=O)CCCCCCC(=O)O)cc1. The van der Waals surface area contributed by atoms with Crippen molar-refractivity contribution in [2.45, 2.75) is 45.4 Å². The van der Waals surface area contributed by atoms with Crippen LogP contribution in [0.25, 0.3) is 0 Å². The van der Waals surface area contributed by atoms with Gasteiger partial charge in [-0.15, -0.1) is 0 Å². The number of carbonyl (C=O) groups excluding carboxylic acids is 1. The zero-order chi connectivity index (χ0) is 14.8. The third-order valence-corrected chi connectivity index (χ3v) is 3.03. The minimum atomic E-state index is -0.754. The number of hydrogen-bond acceptors (Lipinski definition) is 3. The maximum Gasteiger partial charge on any atom is 0.303 e. The molecule has 0 aliphatic heterocycles. The minimum Gasteiger partial charge on any atom is -0.494 e. The Morgan fingerprint density at radius 1 is 1.00 bits per heavy atom. The first-order valence-electron chi connectivity index (χ1n) is 7.11. The zero-order valence-corrected chi connectivity index (χ0v) is 11.9. The molecule has 110 valence electrons. The average Bonchev–Trinajstić information content (AvgIpc) is 2.43. The molecule has 0 aliphatic carbocycles. The van der Waals surface area contributed by atoms with Crippen molar-refractivity contribution in [3.8, 4) is 5.75 Å². The molecule has 0 unspecified atom stereocenters. The third-order valence-electron chi connectivity index (χ3n) is 3.03. The number of Topliss-reactive ketones (excluding diaryl/α,β-unsaturated/α-hetero) is 1. The molecule has 4 heteroatoms. The van der Waals surface area contributed by atoms with Crippen LogP contribution in [0.5, 0.6) is 5.75 Å². The molecule has 1 N–H and O–H groups in total. The molecular weight excluding hydrogens is 256 g/mol. The van der Waals surface area contributed by atoms with Gasteiger partial charge in [0, 0.05) is 18.4 Å². The van der Waals surface area contributed by atoms with Gasteiger partial charge in [0.1, 0.15) is 5.75 Å². The smallest absolute Gasteiger partial charge is 0.303 e. The van der Waals surface area contributed by atoms with E-state index in [2.05, 4.69) is 0 Å². The van der Waals surface area contributed by atoms with Crippen LogP contribution in [-0.4, -0.2) is 23.5 Å². The highest BCUT2D eigenvalue weighted by Gasteiger charge is 2.06. The lowest BCUT2D eigenvalue weighted by molar-refractivity contribution is -0.137. The van der Waals surface area contributed by atoms with Crippen LogP contribution in [0.2, 0.25) is 0 Å². The number of aliphatic carboxylic acids is 1. The van der Waals surface area contributed by atoms with Crippen molar-refractivity contribution >= 4 is 11.8 Å². The maximum atomic E-state index is 11.9. The van der Waals surface area contributed by atoms with E-state index >= 15 is 0 Å². The van der Waals surface area contributed by atoms with Crippen LogP contribution in [0.1, 0.15) is 55.8 Å². The number of benzene rings is 1. The number of carboxylic acid groups (broad SMARTS) is 1. The van der Waals surface area contributed by atoms with Gasteiger partial charge in [0.2, 0.25) is 0 Å². The first kappa shape index (κ1) is 16.2. The Balaban J connectivity index is 2.23. The Hall–Kier alpha value is -1.84. The Morgan fingerprint density at radius 3 is 2.15 bits per heavy atom. The van der Waals surface area contributed by atoms with E-state index in [4.69, 9.17) is 9.84 Å². The summed E-state index contributed by atoms with van der Waals surface area (Å²) in [5.74, 6) is 0.152. The van der Waals surface area contributed by atoms with E-state index < -0.39 is 5.97 Å². The molecule has 0 aromatic heterocycles. The van der Waals surface area contributed by atoms with E-state index in [0.717, 1.165) is 25.0 Å². The molecule has 0 bridgehead atoms. The van der Waals surface area contributed by atoms with Crippen molar-refractivity contribution < 1.29 is 19.4 Å². The highest BCUT2D eigenvalue weighted by molar-refractivity contribution is 5.96. The summed E-state index contributed by atoms with van der Waals surface area (Å²) in [7, 11) is 0. The quantitative estimate of drug-likeness (QED) is 0.523. The standard InChI is InChI=1S/C16H22O4/c1-2-20-14-11-9-13(10-12-14)15(17)7-5-3-4-6-8-16(18)19/h9-12H,2-8H2,1H3,(H,18,19). The first-order chi connectivity index (χ1) is 9.63. The molecule has 0 heterocycles. The molecule has 0 saturated carbocycles. The lowest BCUT2D eigenvalue weighted by atomic mass is 10.0. The van der Waals surface area contributed by atoms with Gasteiger partial charge in [0.25, 0.3) is 0 Å². The second kappa shape index (κ2) is 9.13. The van der Waals surface area contributed by atoms with Crippen LogP contribution in [0, 0.1) is 0 Å². The molecule has 0 saturated heterocycles. The normalized spacial score (nSPS) is 10.2. The van der Waals surface area contributed by atoms with Gasteiger partial charge >= 0.3 is 5.97 Å². The van der Waals surface area contributed by atoms with Gasteiger partial charge in [-0.1, -0.05) is 12.8 Å². The Morgan fingerprint density at radius 2 is 1.60 bits per heavy atom. The van der Waals surface area contributed by atoms with Crippen molar-refractivity contribution in [3.63, 3.8) is 0 Å². The van der Waals surface area contributed by atoms with E-state index in [0.29, 0.717) is 25.0 Å². The van der Waals surface area contributed by atoms with E-state index in [1.165, 1.54) is 0 Å². The Labute approximate surface area is 119 Å². The number of carboxylic acids is 1. The molecule has 20 heavy (non-hydrogen) atoms. The van der Waals surface area contributed by atoms with Gasteiger partial charge in [0.15, 0.2) is 5.78 Å². The van der Waals surface area contributed by atoms with Crippen molar-refractivity contribution in [1.29, 1.82) is 0 Å². The van der Waals surface area contributed by atoms with Crippen LogP contribution in [0.4, 0.5) is 0 Å². The fourth-order valence-corrected chi connectivity index (χ4v) is 1.96. The Kier molecular flexibility index (Phi) is 7.40. The van der Waals surface area contributed by atoms with Gasteiger partial charge in [-0.25, -0.2) is 0 Å². The summed E-state index contributed by atoms with van der Waals surface area (Å²) in [6, 6.07) is 7.20. The maximum absolute atomic E-state index is 11.9. The van der Waals surface area contributed by atoms with Crippen molar-refractivity contribution in [2.24, 2.45) is 0 Å². The summed E-state index contributed by atoms with van der Waals surface area (Å²) in [5, 5.41) is 8.50. The summed E-state index contributed by atoms with van der Waals surface area (Å²) in [4.78, 5) is 22.3. The first-order valence-corrected chi connectivity index (χ1v) is 7.11. The summed E-state index contributed by atoms with van der Waals surface area (Å²) in [6.45, 7) is 2.53. The molecule has 1 aromatic carbocycles. The lowest BCUT2D eigenvalue weighted by Crippen LogP contribution is -2.00. The molecule has 0 atom stereocenters. The zero-order valence-electron chi connectivity index (χ0n) is 11.9. The number of hydrogen-bond donors (Lipinski definition) is 1. The highest BCUT2D eigenvalue weighted by Crippen LogP contribution is 2.15. The average molecular weight is 278 g/mol. The van der Waals surface area contributed by atoms with E-state index in [1.54, 1.807) is 12.1 Å². The van der Waals surface area contributed by atoms with Gasteiger partial charge < -0.3 is 9.84 Å². The molecule has 0 amide bonds. The monoisotopic (exact) mass is 278 g/mol. The lowest BCUT2D eigenvalue weighted by Gasteiger charge is -2.04. The molecule has 0 aliphatic rings. The van der Waals surface area contributed by atoms with Crippen molar-refractivity contribution in [2.75, 3.05) is 6.61 Å². The molecule has 1 rings (SSSR count). The predicted octanol–water partition coefficient (Wildman–Crippen LogP) is 3.69. The van der Waals surface area contributed by atoms with Crippen LogP contribution >= 0.6 is 0 Å². The molecule has 0 fully saturated rings. The molecule has 0 radical (unpaired) electrons. The molecular formula is C16H22O4. The molecule has 1 aromatic rings. The van der Waals surface area contributed by atoms with Crippen LogP contribution in [-0.2, 0) is 4.79 Å². The summed E-state index contributed by atoms with van der Waals surface area (Å²) >= 11 is 0. The van der Waals surface area contributed by atoms with Gasteiger partial charge in [-0.05, 0) is 44.0 Å². The van der Waals surface area contributed by atoms with Gasteiger partial charge in [-0.2, -0.15) is 0 Å². The molecule has 4 nitrogen and oxygen atoms in total. The fraction of sp³-hybridized carbons (Fsp3) is 0.500. The van der Waals surface area contributed by atoms with E-state index in [-0.39, 0.29) is 12.2 Å². The largest absolute Gasteiger partial charge is 0.494 e. The number of ketones is 1. The van der Waals surface area contributed by atoms with Gasteiger partial charge in [-0.3, -0.25) is 9.59 Å². The molecule has 0 spiro atoms. The summed E-state index contributed by atoms with van der Waals surface area (Å²) < 4.78 is 5.33. The summed E-state index contributed by atoms with van der Waals surface area (Å²) in [6.07, 6.45) is 3.99. The van der Waals surface area contributed by atoms with Crippen LogP contribution in [0.3, 0.4) is 0 Å². The van der Waals surface area contributed by atoms with Crippen LogP contribution in [0.15, 0.2) is 24.3 Å². The second-order valence-electron chi connectivity index (χ2n) is 4.69. The van der Waals surface area contributed by atoms with Crippen molar-refractivity contribution in [3.05, 3.63) is 29.8 Å². The number of carbonyl (C=O) groups is 2. The minimum absolute atomic E-state index is 0.131. The van der Waals surface area contributed by atoms with E-state index in [9.17, 15) is 9.59 Å². The van der Waals surface area contributed by atoms with Crippen LogP contribution < -0.4 is 4.74 Å². The number of rotatable bonds is 10. The number of unbranched alkanes of at least 4 members (excludes halogenated alkanes) is 3. The predicted molar refractivity (Wildman–Crippen MR) is 77.3 cm³/mol.